The Labute approximate surface area is 108 Å². The summed E-state index contributed by atoms with van der Waals surface area (Å²) in [6.07, 6.45) is 13.0. The third kappa shape index (κ3) is 5.54. The molecule has 0 spiro atoms. The van der Waals surface area contributed by atoms with Crippen molar-refractivity contribution >= 4 is 28.3 Å². The Bertz CT molecular complexity index is 310. The van der Waals surface area contributed by atoms with Crippen LogP contribution in [0.4, 0.5) is 0 Å². The first kappa shape index (κ1) is 13.0. The van der Waals surface area contributed by atoms with Crippen LogP contribution in [0.25, 0.3) is 0 Å². The zero-order valence-corrected chi connectivity index (χ0v) is 12.0. The van der Waals surface area contributed by atoms with Crippen LogP contribution in [0.1, 0.15) is 30.4 Å². The lowest BCUT2D eigenvalue weighted by molar-refractivity contribution is 0.722. The molecule has 0 N–H and O–H groups in total. The SMILES string of the molecule is C#Cc1ccc(CCCCCPI)cc1. The van der Waals surface area contributed by atoms with Crippen molar-refractivity contribution in [2.45, 2.75) is 25.7 Å². The second-order valence-corrected chi connectivity index (χ2v) is 6.59. The van der Waals surface area contributed by atoms with Crippen molar-refractivity contribution in [2.75, 3.05) is 6.16 Å². The smallest absolute Gasteiger partial charge is 0.0242 e. The van der Waals surface area contributed by atoms with Crippen molar-refractivity contribution in [2.24, 2.45) is 0 Å². The van der Waals surface area contributed by atoms with Crippen LogP contribution in [0, 0.1) is 12.3 Å². The van der Waals surface area contributed by atoms with Crippen molar-refractivity contribution in [3.8, 4) is 12.3 Å². The zero-order chi connectivity index (χ0) is 10.9. The van der Waals surface area contributed by atoms with Crippen LogP contribution in [0.2, 0.25) is 0 Å². The van der Waals surface area contributed by atoms with Gasteiger partial charge in [0.2, 0.25) is 0 Å². The van der Waals surface area contributed by atoms with Gasteiger partial charge in [0.1, 0.15) is 0 Å². The largest absolute Gasteiger partial charge is 0.115 e. The van der Waals surface area contributed by atoms with E-state index in [-0.39, 0.29) is 0 Å². The summed E-state index contributed by atoms with van der Waals surface area (Å²) in [6.45, 7) is 0. The molecule has 0 aromatic heterocycles. The fourth-order valence-corrected chi connectivity index (χ4v) is 2.99. The Balaban J connectivity index is 2.23. The summed E-state index contributed by atoms with van der Waals surface area (Å²) in [4.78, 5) is 0. The number of unbranched alkanes of at least 4 members (excludes halogenated alkanes) is 2. The first-order chi connectivity index (χ1) is 7.36. The van der Waals surface area contributed by atoms with Crippen LogP contribution in [0.3, 0.4) is 0 Å². The van der Waals surface area contributed by atoms with Gasteiger partial charge in [0.25, 0.3) is 0 Å². The lowest BCUT2D eigenvalue weighted by atomic mass is 10.1. The topological polar surface area (TPSA) is 0 Å². The normalized spacial score (nSPS) is 10.7. The molecule has 1 rings (SSSR count). The average molecular weight is 330 g/mol. The van der Waals surface area contributed by atoms with E-state index in [1.165, 1.54) is 37.4 Å². The maximum absolute atomic E-state index is 5.30. The van der Waals surface area contributed by atoms with E-state index in [0.717, 1.165) is 11.8 Å². The Morgan fingerprint density at radius 1 is 1.13 bits per heavy atom. The third-order valence-corrected chi connectivity index (χ3v) is 4.52. The van der Waals surface area contributed by atoms with Gasteiger partial charge in [-0.15, -0.1) is 6.42 Å². The van der Waals surface area contributed by atoms with Crippen molar-refractivity contribution in [1.29, 1.82) is 0 Å². The van der Waals surface area contributed by atoms with Gasteiger partial charge in [-0.2, -0.15) is 0 Å². The van der Waals surface area contributed by atoms with Crippen molar-refractivity contribution in [1.82, 2.24) is 0 Å². The summed E-state index contributed by atoms with van der Waals surface area (Å²) in [5.74, 6) is 2.64. The minimum atomic E-state index is 0.977. The molecule has 0 nitrogen and oxygen atoms in total. The van der Waals surface area contributed by atoms with Gasteiger partial charge >= 0.3 is 0 Å². The minimum Gasteiger partial charge on any atom is -0.115 e. The van der Waals surface area contributed by atoms with Crippen molar-refractivity contribution in [3.63, 3.8) is 0 Å². The Kier molecular flexibility index (Phi) is 7.05. The molecule has 0 radical (unpaired) electrons. The maximum atomic E-state index is 5.30. The maximum Gasteiger partial charge on any atom is 0.0242 e. The van der Waals surface area contributed by atoms with Crippen LogP contribution in [0.15, 0.2) is 24.3 Å². The Morgan fingerprint density at radius 3 is 2.47 bits per heavy atom. The first-order valence-electron chi connectivity index (χ1n) is 5.26. The van der Waals surface area contributed by atoms with Gasteiger partial charge in [-0.25, -0.2) is 0 Å². The van der Waals surface area contributed by atoms with E-state index in [2.05, 4.69) is 40.1 Å². The molecule has 0 bridgehead atoms. The van der Waals surface area contributed by atoms with E-state index >= 15 is 0 Å². The molecule has 0 aliphatic rings. The summed E-state index contributed by atoms with van der Waals surface area (Å²) in [5.41, 5.74) is 2.38. The minimum absolute atomic E-state index is 0.977. The Hall–Kier alpha value is -0.0600. The number of benzene rings is 1. The van der Waals surface area contributed by atoms with Crippen LogP contribution in [-0.2, 0) is 6.42 Å². The highest BCUT2D eigenvalue weighted by atomic mass is 127. The van der Waals surface area contributed by atoms with Crippen LogP contribution in [0.5, 0.6) is 0 Å². The van der Waals surface area contributed by atoms with Crippen molar-refractivity contribution < 1.29 is 0 Å². The van der Waals surface area contributed by atoms with Crippen LogP contribution >= 0.6 is 28.3 Å². The third-order valence-electron chi connectivity index (χ3n) is 2.36. The number of halogens is 1. The molecule has 1 unspecified atom stereocenters. The number of rotatable bonds is 6. The van der Waals surface area contributed by atoms with Gasteiger partial charge in [-0.3, -0.25) is 0 Å². The molecule has 0 saturated heterocycles. The van der Waals surface area contributed by atoms with E-state index < -0.39 is 0 Å². The van der Waals surface area contributed by atoms with E-state index in [1.807, 2.05) is 12.1 Å². The quantitative estimate of drug-likeness (QED) is 0.314. The predicted octanol–water partition coefficient (Wildman–Crippen LogP) is 4.41. The highest BCUT2D eigenvalue weighted by Crippen LogP contribution is 2.22. The van der Waals surface area contributed by atoms with E-state index in [4.69, 9.17) is 6.42 Å². The van der Waals surface area contributed by atoms with Crippen LogP contribution in [-0.4, -0.2) is 6.16 Å². The van der Waals surface area contributed by atoms with Gasteiger partial charge in [0.15, 0.2) is 0 Å². The molecule has 0 aliphatic carbocycles. The molecule has 0 fully saturated rings. The molecule has 1 atom stereocenters. The summed E-state index contributed by atoms with van der Waals surface area (Å²) in [5, 5.41) is 0. The molecule has 2 heteroatoms. The standard InChI is InChI=1S/C13H16IP/c1-2-12-7-9-13(10-8-12)6-4-3-5-11-15-14/h1,7-10,15H,3-6,11H2. The lowest BCUT2D eigenvalue weighted by Crippen LogP contribution is -1.86. The Morgan fingerprint density at radius 2 is 1.87 bits per heavy atom. The predicted molar refractivity (Wildman–Crippen MR) is 79.1 cm³/mol. The molecule has 0 amide bonds. The molecular formula is C13H16IP. The number of hydrogen-bond acceptors (Lipinski definition) is 0. The van der Waals surface area contributed by atoms with E-state index in [0.29, 0.717) is 0 Å². The van der Waals surface area contributed by atoms with Gasteiger partial charge < -0.3 is 0 Å². The molecule has 80 valence electrons. The number of hydrogen-bond donors (Lipinski definition) is 0. The zero-order valence-electron chi connectivity index (χ0n) is 8.80. The van der Waals surface area contributed by atoms with Gasteiger partial charge in [-0.05, 0) is 43.1 Å². The lowest BCUT2D eigenvalue weighted by Gasteiger charge is -2.01. The second kappa shape index (κ2) is 8.13. The van der Waals surface area contributed by atoms with Crippen molar-refractivity contribution in [3.05, 3.63) is 35.4 Å². The fraction of sp³-hybridized carbons (Fsp3) is 0.385. The molecule has 0 heterocycles. The van der Waals surface area contributed by atoms with E-state index in [1.54, 1.807) is 0 Å². The summed E-state index contributed by atoms with van der Waals surface area (Å²) >= 11 is 2.47. The number of terminal acetylenes is 1. The summed E-state index contributed by atoms with van der Waals surface area (Å²) < 4.78 is 0. The molecule has 1 aromatic carbocycles. The highest BCUT2D eigenvalue weighted by Gasteiger charge is 1.94. The fourth-order valence-electron chi connectivity index (χ4n) is 1.47. The first-order valence-corrected chi connectivity index (χ1v) is 9.58. The second-order valence-electron chi connectivity index (χ2n) is 3.54. The van der Waals surface area contributed by atoms with Crippen LogP contribution < -0.4 is 0 Å². The van der Waals surface area contributed by atoms with Gasteiger partial charge in [0, 0.05) is 5.56 Å². The molecule has 1 aromatic rings. The molecule has 15 heavy (non-hydrogen) atoms. The van der Waals surface area contributed by atoms with Gasteiger partial charge in [0.05, 0.1) is 0 Å². The molecular weight excluding hydrogens is 314 g/mol. The summed E-state index contributed by atoms with van der Waals surface area (Å²) in [7, 11) is 0. The number of aryl methyl sites for hydroxylation is 1. The van der Waals surface area contributed by atoms with E-state index in [9.17, 15) is 0 Å². The molecule has 0 saturated carbocycles. The van der Waals surface area contributed by atoms with Gasteiger partial charge in [-0.1, -0.05) is 52.7 Å². The summed E-state index contributed by atoms with van der Waals surface area (Å²) in [6, 6.07) is 8.35. The average Bonchev–Trinajstić information content (AvgIpc) is 2.30. The highest BCUT2D eigenvalue weighted by molar-refractivity contribution is 14.2. The monoisotopic (exact) mass is 330 g/mol. The molecule has 0 aliphatic heterocycles.